The minimum atomic E-state index is -0.370. The van der Waals surface area contributed by atoms with E-state index in [4.69, 9.17) is 4.74 Å². The summed E-state index contributed by atoms with van der Waals surface area (Å²) in [7, 11) is 0. The van der Waals surface area contributed by atoms with Crippen LogP contribution in [0.15, 0.2) is 0 Å². The van der Waals surface area contributed by atoms with Crippen molar-refractivity contribution in [1.29, 1.82) is 0 Å². The largest absolute Gasteiger partial charge is 0.460 e. The van der Waals surface area contributed by atoms with E-state index in [0.717, 1.165) is 0 Å². The molecule has 0 aromatic heterocycles. The molecule has 0 saturated heterocycles. The lowest BCUT2D eigenvalue weighted by atomic mass is 10.2. The van der Waals surface area contributed by atoms with Gasteiger partial charge in [-0.25, -0.2) is 0 Å². The topological polar surface area (TPSA) is 38.3 Å². The van der Waals surface area contributed by atoms with Gasteiger partial charge in [0.2, 0.25) is 0 Å². The number of hydrogen-bond acceptors (Lipinski definition) is 3. The fourth-order valence-electron chi connectivity index (χ4n) is 0.650. The Morgan fingerprint density at radius 3 is 2.50 bits per heavy atom. The van der Waals surface area contributed by atoms with Crippen molar-refractivity contribution >= 4 is 21.9 Å². The van der Waals surface area contributed by atoms with Gasteiger partial charge in [0.05, 0.1) is 11.9 Å². The van der Waals surface area contributed by atoms with Gasteiger partial charge in [-0.15, -0.1) is 0 Å². The lowest BCUT2D eigenvalue weighted by Gasteiger charge is -2.19. The maximum Gasteiger partial charge on any atom is 0.307 e. The average molecular weight is 238 g/mol. The summed E-state index contributed by atoms with van der Waals surface area (Å²) in [6.07, 6.45) is 0.420. The molecule has 0 aliphatic rings. The standard InChI is InChI=1S/C8H16BrNO2/c1-8(2,3)12-7(11)4-5-10-6-9/h10H,4-6H2,1-3H3. The Labute approximate surface area is 82.0 Å². The summed E-state index contributed by atoms with van der Waals surface area (Å²) in [4.78, 5) is 11.1. The molecule has 0 saturated carbocycles. The van der Waals surface area contributed by atoms with Gasteiger partial charge in [-0.1, -0.05) is 15.9 Å². The van der Waals surface area contributed by atoms with Crippen LogP contribution in [0.5, 0.6) is 0 Å². The molecule has 12 heavy (non-hydrogen) atoms. The predicted molar refractivity (Wildman–Crippen MR) is 52.3 cm³/mol. The average Bonchev–Trinajstić information content (AvgIpc) is 1.84. The molecule has 0 rings (SSSR count). The molecule has 1 N–H and O–H groups in total. The zero-order valence-corrected chi connectivity index (χ0v) is 9.40. The smallest absolute Gasteiger partial charge is 0.307 e. The third kappa shape index (κ3) is 8.01. The van der Waals surface area contributed by atoms with Crippen molar-refractivity contribution in [1.82, 2.24) is 5.32 Å². The normalized spacial score (nSPS) is 11.3. The molecule has 0 fully saturated rings. The number of nitrogens with one attached hydrogen (secondary N) is 1. The van der Waals surface area contributed by atoms with E-state index in [0.29, 0.717) is 18.4 Å². The maximum absolute atomic E-state index is 11.1. The second kappa shape index (κ2) is 5.54. The molecule has 72 valence electrons. The van der Waals surface area contributed by atoms with E-state index < -0.39 is 0 Å². The van der Waals surface area contributed by atoms with E-state index in [1.54, 1.807) is 0 Å². The third-order valence-electron chi connectivity index (χ3n) is 1.02. The van der Waals surface area contributed by atoms with Crippen LogP contribution < -0.4 is 5.32 Å². The van der Waals surface area contributed by atoms with Crippen molar-refractivity contribution in [3.63, 3.8) is 0 Å². The fourth-order valence-corrected chi connectivity index (χ4v) is 0.930. The molecule has 0 spiro atoms. The summed E-state index contributed by atoms with van der Waals surface area (Å²) in [5.74, 6) is -0.157. The summed E-state index contributed by atoms with van der Waals surface area (Å²) < 4.78 is 5.09. The van der Waals surface area contributed by atoms with Gasteiger partial charge in [-0.2, -0.15) is 0 Å². The van der Waals surface area contributed by atoms with E-state index in [2.05, 4.69) is 21.2 Å². The van der Waals surface area contributed by atoms with E-state index in [9.17, 15) is 4.79 Å². The Morgan fingerprint density at radius 2 is 2.08 bits per heavy atom. The first kappa shape index (κ1) is 11.9. The number of ether oxygens (including phenoxy) is 1. The van der Waals surface area contributed by atoms with Crippen molar-refractivity contribution in [3.05, 3.63) is 0 Å². The number of rotatable bonds is 4. The zero-order valence-electron chi connectivity index (χ0n) is 7.82. The summed E-state index contributed by atoms with van der Waals surface area (Å²) >= 11 is 3.20. The second-order valence-electron chi connectivity index (χ2n) is 3.47. The molecular weight excluding hydrogens is 222 g/mol. The van der Waals surface area contributed by atoms with Crippen molar-refractivity contribution < 1.29 is 9.53 Å². The van der Waals surface area contributed by atoms with Crippen LogP contribution in [0.4, 0.5) is 0 Å². The van der Waals surface area contributed by atoms with Gasteiger partial charge in [0.15, 0.2) is 0 Å². The second-order valence-corrected chi connectivity index (χ2v) is 4.03. The van der Waals surface area contributed by atoms with Gasteiger partial charge in [0, 0.05) is 6.54 Å². The van der Waals surface area contributed by atoms with E-state index in [1.165, 1.54) is 0 Å². The monoisotopic (exact) mass is 237 g/mol. The van der Waals surface area contributed by atoms with Crippen LogP contribution in [0.25, 0.3) is 0 Å². The van der Waals surface area contributed by atoms with Crippen LogP contribution in [0.2, 0.25) is 0 Å². The summed E-state index contributed by atoms with van der Waals surface area (Å²) in [5, 5.41) is 2.98. The highest BCUT2D eigenvalue weighted by atomic mass is 79.9. The van der Waals surface area contributed by atoms with Crippen LogP contribution in [-0.2, 0) is 9.53 Å². The lowest BCUT2D eigenvalue weighted by Crippen LogP contribution is -2.26. The summed E-state index contributed by atoms with van der Waals surface area (Å²) in [6.45, 7) is 6.24. The first-order valence-corrected chi connectivity index (χ1v) is 5.06. The van der Waals surface area contributed by atoms with Gasteiger partial charge in [-0.05, 0) is 20.8 Å². The van der Waals surface area contributed by atoms with E-state index in [1.807, 2.05) is 20.8 Å². The Kier molecular flexibility index (Phi) is 5.50. The van der Waals surface area contributed by atoms with Crippen LogP contribution in [-0.4, -0.2) is 23.6 Å². The van der Waals surface area contributed by atoms with Crippen molar-refractivity contribution in [3.8, 4) is 0 Å². The van der Waals surface area contributed by atoms with E-state index >= 15 is 0 Å². The molecule has 0 aromatic carbocycles. The molecule has 0 bridgehead atoms. The minimum Gasteiger partial charge on any atom is -0.460 e. The van der Waals surface area contributed by atoms with Crippen LogP contribution in [0, 0.1) is 0 Å². The highest BCUT2D eigenvalue weighted by Gasteiger charge is 2.15. The Bertz CT molecular complexity index is 142. The Balaban J connectivity index is 3.47. The van der Waals surface area contributed by atoms with Gasteiger partial charge in [0.1, 0.15) is 5.60 Å². The van der Waals surface area contributed by atoms with Crippen LogP contribution in [0.1, 0.15) is 27.2 Å². The Hall–Kier alpha value is -0.0900. The van der Waals surface area contributed by atoms with Crippen molar-refractivity contribution in [2.75, 3.05) is 12.0 Å². The molecule has 0 radical (unpaired) electrons. The van der Waals surface area contributed by atoms with E-state index in [-0.39, 0.29) is 11.6 Å². The van der Waals surface area contributed by atoms with Crippen molar-refractivity contribution in [2.24, 2.45) is 0 Å². The van der Waals surface area contributed by atoms with Gasteiger partial charge in [0.25, 0.3) is 0 Å². The third-order valence-corrected chi connectivity index (χ3v) is 1.42. The highest BCUT2D eigenvalue weighted by Crippen LogP contribution is 2.07. The first-order valence-electron chi connectivity index (χ1n) is 3.94. The number of halogens is 1. The fraction of sp³-hybridized carbons (Fsp3) is 0.875. The number of carbonyl (C=O) groups is 1. The molecule has 0 atom stereocenters. The molecule has 0 heterocycles. The first-order chi connectivity index (χ1) is 5.45. The lowest BCUT2D eigenvalue weighted by molar-refractivity contribution is -0.154. The number of esters is 1. The molecule has 0 unspecified atom stereocenters. The highest BCUT2D eigenvalue weighted by molar-refractivity contribution is 9.09. The summed E-state index contributed by atoms with van der Waals surface area (Å²) in [5.41, 5.74) is 0.335. The number of carbonyl (C=O) groups excluding carboxylic acids is 1. The molecular formula is C8H16BrNO2. The molecule has 0 aromatic rings. The Morgan fingerprint density at radius 1 is 1.50 bits per heavy atom. The summed E-state index contributed by atoms with van der Waals surface area (Å²) in [6, 6.07) is 0. The van der Waals surface area contributed by atoms with Crippen LogP contribution >= 0.6 is 15.9 Å². The predicted octanol–water partition coefficient (Wildman–Crippen LogP) is 1.66. The van der Waals surface area contributed by atoms with Gasteiger partial charge in [-0.3, -0.25) is 4.79 Å². The minimum absolute atomic E-state index is 0.157. The van der Waals surface area contributed by atoms with Crippen molar-refractivity contribution in [2.45, 2.75) is 32.8 Å². The maximum atomic E-state index is 11.1. The molecule has 0 aliphatic heterocycles. The van der Waals surface area contributed by atoms with Crippen LogP contribution in [0.3, 0.4) is 0 Å². The molecule has 4 heteroatoms. The van der Waals surface area contributed by atoms with Gasteiger partial charge >= 0.3 is 5.97 Å². The quantitative estimate of drug-likeness (QED) is 0.350. The van der Waals surface area contributed by atoms with Gasteiger partial charge < -0.3 is 10.1 Å². The SMILES string of the molecule is CC(C)(C)OC(=O)CCNCBr. The molecule has 3 nitrogen and oxygen atoms in total. The number of alkyl halides is 1. The zero-order chi connectivity index (χ0) is 9.61. The molecule has 0 aliphatic carbocycles. The molecule has 0 amide bonds. The number of hydrogen-bond donors (Lipinski definition) is 1.